The summed E-state index contributed by atoms with van der Waals surface area (Å²) in [5.74, 6) is 1.21. The van der Waals surface area contributed by atoms with E-state index in [2.05, 4.69) is 29.4 Å². The Morgan fingerprint density at radius 1 is 1.39 bits per heavy atom. The second-order valence-electron chi connectivity index (χ2n) is 4.61. The van der Waals surface area contributed by atoms with Crippen molar-refractivity contribution in [2.45, 2.75) is 26.8 Å². The second-order valence-corrected chi connectivity index (χ2v) is 5.02. The first kappa shape index (κ1) is 12.8. The van der Waals surface area contributed by atoms with E-state index in [1.54, 1.807) is 16.8 Å². The molecule has 0 aliphatic heterocycles. The van der Waals surface area contributed by atoms with Crippen LogP contribution in [0, 0.1) is 5.92 Å². The first-order valence-corrected chi connectivity index (χ1v) is 6.28. The molecule has 2 rings (SSSR count). The number of aromatic nitrogens is 4. The molecular weight excluding hydrogens is 250 g/mol. The van der Waals surface area contributed by atoms with Crippen LogP contribution in [0.15, 0.2) is 18.2 Å². The third-order valence-corrected chi connectivity index (χ3v) is 3.03. The smallest absolute Gasteiger partial charge is 0.185 e. The minimum absolute atomic E-state index is 0.565. The molecule has 0 aliphatic rings. The summed E-state index contributed by atoms with van der Waals surface area (Å²) >= 11 is 6.17. The van der Waals surface area contributed by atoms with E-state index in [-0.39, 0.29) is 0 Å². The highest BCUT2D eigenvalue weighted by Crippen LogP contribution is 2.31. The van der Waals surface area contributed by atoms with Gasteiger partial charge < -0.3 is 5.73 Å². The Kier molecular flexibility index (Phi) is 3.81. The van der Waals surface area contributed by atoms with Crippen LogP contribution in [-0.2, 0) is 6.54 Å². The van der Waals surface area contributed by atoms with E-state index in [9.17, 15) is 0 Å². The molecule has 2 N–H and O–H groups in total. The molecule has 0 bridgehead atoms. The van der Waals surface area contributed by atoms with E-state index >= 15 is 0 Å². The van der Waals surface area contributed by atoms with Crippen LogP contribution in [0.3, 0.4) is 0 Å². The molecule has 0 amide bonds. The van der Waals surface area contributed by atoms with Crippen molar-refractivity contribution in [2.75, 3.05) is 5.73 Å². The maximum atomic E-state index is 6.17. The third-order valence-electron chi connectivity index (χ3n) is 2.72. The molecule has 1 aromatic heterocycles. The molecule has 6 heteroatoms. The van der Waals surface area contributed by atoms with Crippen molar-refractivity contribution in [3.8, 4) is 11.4 Å². The fourth-order valence-corrected chi connectivity index (χ4v) is 1.96. The Morgan fingerprint density at radius 3 is 2.83 bits per heavy atom. The van der Waals surface area contributed by atoms with Gasteiger partial charge in [0.2, 0.25) is 0 Å². The maximum Gasteiger partial charge on any atom is 0.185 e. The molecular formula is C12H16ClN5. The van der Waals surface area contributed by atoms with E-state index in [0.29, 0.717) is 28.0 Å². The van der Waals surface area contributed by atoms with Gasteiger partial charge in [0, 0.05) is 12.2 Å². The standard InChI is InChI=1S/C12H16ClN5/c1-8(2)6-7-18-12(15-16-17-18)11-9(13)4-3-5-10(11)14/h3-5,8H,6-7,14H2,1-2H3. The van der Waals surface area contributed by atoms with Gasteiger partial charge in [-0.15, -0.1) is 5.10 Å². The molecule has 0 saturated carbocycles. The number of nitrogens with two attached hydrogens (primary N) is 1. The van der Waals surface area contributed by atoms with Crippen molar-refractivity contribution in [3.05, 3.63) is 23.2 Å². The summed E-state index contributed by atoms with van der Waals surface area (Å²) in [6.45, 7) is 5.08. The van der Waals surface area contributed by atoms with Crippen molar-refractivity contribution in [3.63, 3.8) is 0 Å². The van der Waals surface area contributed by atoms with Gasteiger partial charge in [-0.05, 0) is 34.9 Å². The van der Waals surface area contributed by atoms with Crippen LogP contribution in [0.25, 0.3) is 11.4 Å². The third kappa shape index (κ3) is 2.61. The van der Waals surface area contributed by atoms with Gasteiger partial charge in [0.1, 0.15) is 0 Å². The van der Waals surface area contributed by atoms with Crippen LogP contribution < -0.4 is 5.73 Å². The quantitative estimate of drug-likeness (QED) is 0.863. The largest absolute Gasteiger partial charge is 0.398 e. The lowest BCUT2D eigenvalue weighted by atomic mass is 10.1. The Hall–Kier alpha value is -1.62. The summed E-state index contributed by atoms with van der Waals surface area (Å²) in [6.07, 6.45) is 1.00. The molecule has 0 aliphatic carbocycles. The Morgan fingerprint density at radius 2 is 2.17 bits per heavy atom. The minimum atomic E-state index is 0.565. The van der Waals surface area contributed by atoms with Gasteiger partial charge in [-0.3, -0.25) is 0 Å². The van der Waals surface area contributed by atoms with Gasteiger partial charge in [0.15, 0.2) is 5.82 Å². The van der Waals surface area contributed by atoms with E-state index < -0.39 is 0 Å². The highest BCUT2D eigenvalue weighted by atomic mass is 35.5. The van der Waals surface area contributed by atoms with Gasteiger partial charge in [0.05, 0.1) is 10.6 Å². The Balaban J connectivity index is 2.36. The highest BCUT2D eigenvalue weighted by Gasteiger charge is 2.15. The molecule has 0 radical (unpaired) electrons. The Labute approximate surface area is 111 Å². The summed E-state index contributed by atoms with van der Waals surface area (Å²) in [7, 11) is 0. The van der Waals surface area contributed by atoms with E-state index in [0.717, 1.165) is 13.0 Å². The predicted octanol–water partition coefficient (Wildman–Crippen LogP) is 2.62. The summed E-state index contributed by atoms with van der Waals surface area (Å²) in [6, 6.07) is 5.39. The van der Waals surface area contributed by atoms with Crippen LogP contribution in [0.5, 0.6) is 0 Å². The zero-order valence-corrected chi connectivity index (χ0v) is 11.2. The number of benzene rings is 1. The average Bonchev–Trinajstić information content (AvgIpc) is 2.74. The van der Waals surface area contributed by atoms with Gasteiger partial charge in [-0.25, -0.2) is 4.68 Å². The van der Waals surface area contributed by atoms with Gasteiger partial charge in [-0.1, -0.05) is 31.5 Å². The van der Waals surface area contributed by atoms with Crippen LogP contribution in [0.4, 0.5) is 5.69 Å². The lowest BCUT2D eigenvalue weighted by molar-refractivity contribution is 0.481. The molecule has 2 aromatic rings. The van der Waals surface area contributed by atoms with Crippen molar-refractivity contribution in [1.29, 1.82) is 0 Å². The monoisotopic (exact) mass is 265 g/mol. The molecule has 0 fully saturated rings. The normalized spacial score (nSPS) is 11.1. The SMILES string of the molecule is CC(C)CCn1nnnc1-c1c(N)cccc1Cl. The van der Waals surface area contributed by atoms with Crippen molar-refractivity contribution < 1.29 is 0 Å². The van der Waals surface area contributed by atoms with Gasteiger partial charge >= 0.3 is 0 Å². The van der Waals surface area contributed by atoms with E-state index in [1.807, 2.05) is 6.07 Å². The summed E-state index contributed by atoms with van der Waals surface area (Å²) in [4.78, 5) is 0. The predicted molar refractivity (Wildman–Crippen MR) is 72.1 cm³/mol. The minimum Gasteiger partial charge on any atom is -0.398 e. The molecule has 1 aromatic carbocycles. The Bertz CT molecular complexity index is 515. The van der Waals surface area contributed by atoms with Crippen molar-refractivity contribution in [2.24, 2.45) is 5.92 Å². The zero-order valence-electron chi connectivity index (χ0n) is 10.5. The lowest BCUT2D eigenvalue weighted by Gasteiger charge is -2.09. The van der Waals surface area contributed by atoms with Crippen LogP contribution in [0.2, 0.25) is 5.02 Å². The molecule has 18 heavy (non-hydrogen) atoms. The molecule has 0 unspecified atom stereocenters. The van der Waals surface area contributed by atoms with Crippen LogP contribution >= 0.6 is 11.6 Å². The van der Waals surface area contributed by atoms with Crippen molar-refractivity contribution >= 4 is 17.3 Å². The zero-order chi connectivity index (χ0) is 13.1. The van der Waals surface area contributed by atoms with E-state index in [4.69, 9.17) is 17.3 Å². The fraction of sp³-hybridized carbons (Fsp3) is 0.417. The highest BCUT2D eigenvalue weighted by molar-refractivity contribution is 6.33. The number of nitrogen functional groups attached to an aromatic ring is 1. The number of nitrogens with zero attached hydrogens (tertiary/aromatic N) is 4. The van der Waals surface area contributed by atoms with E-state index in [1.165, 1.54) is 0 Å². The number of anilines is 1. The topological polar surface area (TPSA) is 69.6 Å². The number of halogens is 1. The van der Waals surface area contributed by atoms with Crippen LogP contribution in [0.1, 0.15) is 20.3 Å². The average molecular weight is 266 g/mol. The molecule has 96 valence electrons. The van der Waals surface area contributed by atoms with Crippen molar-refractivity contribution in [1.82, 2.24) is 20.2 Å². The number of tetrazole rings is 1. The maximum absolute atomic E-state index is 6.17. The summed E-state index contributed by atoms with van der Waals surface area (Å²) in [5, 5.41) is 12.3. The summed E-state index contributed by atoms with van der Waals surface area (Å²) in [5.41, 5.74) is 7.23. The van der Waals surface area contributed by atoms with Crippen LogP contribution in [-0.4, -0.2) is 20.2 Å². The lowest BCUT2D eigenvalue weighted by Crippen LogP contribution is -2.06. The number of rotatable bonds is 4. The molecule has 0 spiro atoms. The number of hydrogen-bond acceptors (Lipinski definition) is 4. The number of hydrogen-bond donors (Lipinski definition) is 1. The van der Waals surface area contributed by atoms with Gasteiger partial charge in [0.25, 0.3) is 0 Å². The summed E-state index contributed by atoms with van der Waals surface area (Å²) < 4.78 is 1.75. The molecule has 1 heterocycles. The fourth-order valence-electron chi connectivity index (χ4n) is 1.69. The molecule has 5 nitrogen and oxygen atoms in total. The molecule has 0 atom stereocenters. The second kappa shape index (κ2) is 5.35. The van der Waals surface area contributed by atoms with Gasteiger partial charge in [-0.2, -0.15) is 0 Å². The molecule has 0 saturated heterocycles. The number of aryl methyl sites for hydroxylation is 1. The first-order valence-electron chi connectivity index (χ1n) is 5.90. The first-order chi connectivity index (χ1) is 8.59.